The van der Waals surface area contributed by atoms with Crippen LogP contribution in [0.15, 0.2) is 50.4 Å². The number of nitrogens with zero attached hydrogens (tertiary/aromatic N) is 1. The summed E-state index contributed by atoms with van der Waals surface area (Å²) in [5.41, 5.74) is 4.21. The number of ether oxygens (including phenoxy) is 2. The molecule has 0 spiro atoms. The monoisotopic (exact) mass is 454 g/mol. The predicted molar refractivity (Wildman–Crippen MR) is 101 cm³/mol. The van der Waals surface area contributed by atoms with E-state index in [-0.39, 0.29) is 12.5 Å². The Morgan fingerprint density at radius 2 is 2.08 bits per heavy atom. The molecule has 24 heavy (non-hydrogen) atoms. The number of hydrogen-bond acceptors (Lipinski definition) is 4. The van der Waals surface area contributed by atoms with Crippen LogP contribution in [0, 0.1) is 6.92 Å². The Bertz CT molecular complexity index is 763. The van der Waals surface area contributed by atoms with E-state index in [9.17, 15) is 4.79 Å². The highest BCUT2D eigenvalue weighted by Gasteiger charge is 2.08. The second-order valence-electron chi connectivity index (χ2n) is 4.91. The average Bonchev–Trinajstić information content (AvgIpc) is 2.53. The lowest BCUT2D eigenvalue weighted by atomic mass is 10.2. The van der Waals surface area contributed by atoms with Gasteiger partial charge < -0.3 is 9.47 Å². The van der Waals surface area contributed by atoms with Crippen LogP contribution in [0.4, 0.5) is 0 Å². The van der Waals surface area contributed by atoms with Crippen molar-refractivity contribution in [3.05, 3.63) is 56.5 Å². The first-order valence-electron chi connectivity index (χ1n) is 7.04. The predicted octanol–water partition coefficient (Wildman–Crippen LogP) is 4.06. The Hall–Kier alpha value is -1.86. The molecule has 7 heteroatoms. The molecule has 2 rings (SSSR count). The van der Waals surface area contributed by atoms with Gasteiger partial charge in [-0.25, -0.2) is 5.43 Å². The Kier molecular flexibility index (Phi) is 6.81. The maximum atomic E-state index is 11.8. The van der Waals surface area contributed by atoms with Crippen LogP contribution in [0.1, 0.15) is 11.1 Å². The summed E-state index contributed by atoms with van der Waals surface area (Å²) in [7, 11) is 1.57. The molecule has 126 valence electrons. The lowest BCUT2D eigenvalue weighted by molar-refractivity contribution is -0.123. The lowest BCUT2D eigenvalue weighted by Gasteiger charge is -2.08. The van der Waals surface area contributed by atoms with Crippen LogP contribution in [0.5, 0.6) is 11.5 Å². The van der Waals surface area contributed by atoms with E-state index in [0.717, 1.165) is 20.1 Å². The number of aryl methyl sites for hydroxylation is 1. The van der Waals surface area contributed by atoms with E-state index in [1.807, 2.05) is 37.3 Å². The van der Waals surface area contributed by atoms with Crippen molar-refractivity contribution in [1.29, 1.82) is 0 Å². The third kappa shape index (κ3) is 5.35. The van der Waals surface area contributed by atoms with Crippen LogP contribution in [0.25, 0.3) is 0 Å². The number of hydrazone groups is 1. The van der Waals surface area contributed by atoms with Crippen LogP contribution in [-0.2, 0) is 4.79 Å². The van der Waals surface area contributed by atoms with Crippen molar-refractivity contribution < 1.29 is 14.3 Å². The minimum absolute atomic E-state index is 0.111. The molecule has 0 atom stereocenters. The minimum atomic E-state index is -0.346. The molecule has 0 saturated carbocycles. The Morgan fingerprint density at radius 1 is 1.29 bits per heavy atom. The summed E-state index contributed by atoms with van der Waals surface area (Å²) in [6.45, 7) is 1.85. The fourth-order valence-corrected chi connectivity index (χ4v) is 3.37. The second kappa shape index (κ2) is 8.84. The Morgan fingerprint density at radius 3 is 2.79 bits per heavy atom. The second-order valence-corrected chi connectivity index (χ2v) is 6.68. The maximum Gasteiger partial charge on any atom is 0.277 e. The van der Waals surface area contributed by atoms with E-state index in [1.165, 1.54) is 6.21 Å². The molecule has 0 aliphatic rings. The SMILES string of the molecule is COc1c(Br)cc(Br)cc1/C=N/NC(=O)COc1cccc(C)c1. The zero-order chi connectivity index (χ0) is 17.5. The standard InChI is InChI=1S/C17H16Br2N2O3/c1-11-4-3-5-14(6-11)24-10-16(22)21-20-9-12-7-13(18)8-15(19)17(12)23-2/h3-9H,10H2,1-2H3,(H,21,22)/b20-9+. The summed E-state index contributed by atoms with van der Waals surface area (Å²) in [6, 6.07) is 11.2. The fourth-order valence-electron chi connectivity index (χ4n) is 1.95. The number of amides is 1. The van der Waals surface area contributed by atoms with Gasteiger partial charge in [0, 0.05) is 10.0 Å². The van der Waals surface area contributed by atoms with Crippen LogP contribution >= 0.6 is 31.9 Å². The third-order valence-corrected chi connectivity index (χ3v) is 4.04. The van der Waals surface area contributed by atoms with Crippen LogP contribution < -0.4 is 14.9 Å². The van der Waals surface area contributed by atoms with Crippen LogP contribution in [0.2, 0.25) is 0 Å². The van der Waals surface area contributed by atoms with E-state index in [2.05, 4.69) is 42.4 Å². The van der Waals surface area contributed by atoms with E-state index >= 15 is 0 Å². The number of benzene rings is 2. The van der Waals surface area contributed by atoms with Crippen molar-refractivity contribution in [2.45, 2.75) is 6.92 Å². The fraction of sp³-hybridized carbons (Fsp3) is 0.176. The normalized spacial score (nSPS) is 10.7. The van der Waals surface area contributed by atoms with Crippen molar-refractivity contribution in [2.75, 3.05) is 13.7 Å². The highest BCUT2D eigenvalue weighted by Crippen LogP contribution is 2.31. The van der Waals surface area contributed by atoms with Gasteiger partial charge in [0.1, 0.15) is 11.5 Å². The molecule has 0 bridgehead atoms. The summed E-state index contributed by atoms with van der Waals surface area (Å²) in [4.78, 5) is 11.8. The van der Waals surface area contributed by atoms with E-state index in [1.54, 1.807) is 13.2 Å². The topological polar surface area (TPSA) is 59.9 Å². The minimum Gasteiger partial charge on any atom is -0.495 e. The molecular weight excluding hydrogens is 440 g/mol. The molecule has 0 aromatic heterocycles. The van der Waals surface area contributed by atoms with E-state index in [0.29, 0.717) is 11.5 Å². The Balaban J connectivity index is 1.93. The summed E-state index contributed by atoms with van der Waals surface area (Å²) in [5.74, 6) is 0.930. The lowest BCUT2D eigenvalue weighted by Crippen LogP contribution is -2.24. The first-order valence-corrected chi connectivity index (χ1v) is 8.62. The Labute approximate surface area is 157 Å². The molecule has 0 aliphatic heterocycles. The van der Waals surface area contributed by atoms with Crippen LogP contribution in [-0.4, -0.2) is 25.8 Å². The molecule has 0 radical (unpaired) electrons. The van der Waals surface area contributed by atoms with Crippen molar-refractivity contribution in [1.82, 2.24) is 5.43 Å². The average molecular weight is 456 g/mol. The van der Waals surface area contributed by atoms with Crippen LogP contribution in [0.3, 0.4) is 0 Å². The summed E-state index contributed by atoms with van der Waals surface area (Å²) >= 11 is 6.81. The zero-order valence-corrected chi connectivity index (χ0v) is 16.3. The molecule has 0 aliphatic carbocycles. The molecule has 2 aromatic rings. The number of hydrogen-bond donors (Lipinski definition) is 1. The van der Waals surface area contributed by atoms with Crippen molar-refractivity contribution >= 4 is 44.0 Å². The highest BCUT2D eigenvalue weighted by atomic mass is 79.9. The first kappa shape index (κ1) is 18.5. The number of methoxy groups -OCH3 is 1. The van der Waals surface area contributed by atoms with Gasteiger partial charge in [-0.05, 0) is 52.7 Å². The molecule has 1 N–H and O–H groups in total. The van der Waals surface area contributed by atoms with Gasteiger partial charge in [0.15, 0.2) is 6.61 Å². The van der Waals surface area contributed by atoms with Gasteiger partial charge in [-0.2, -0.15) is 5.10 Å². The smallest absolute Gasteiger partial charge is 0.277 e. The number of carbonyl (C=O) groups excluding carboxylic acids is 1. The molecule has 2 aromatic carbocycles. The van der Waals surface area contributed by atoms with Crippen molar-refractivity contribution in [2.24, 2.45) is 5.10 Å². The van der Waals surface area contributed by atoms with Gasteiger partial charge in [-0.1, -0.05) is 28.1 Å². The molecule has 5 nitrogen and oxygen atoms in total. The van der Waals surface area contributed by atoms with Gasteiger partial charge in [0.25, 0.3) is 5.91 Å². The molecule has 1 amide bonds. The van der Waals surface area contributed by atoms with Gasteiger partial charge in [-0.15, -0.1) is 0 Å². The van der Waals surface area contributed by atoms with Gasteiger partial charge in [0.05, 0.1) is 17.8 Å². The zero-order valence-electron chi connectivity index (χ0n) is 13.2. The van der Waals surface area contributed by atoms with Gasteiger partial charge in [-0.3, -0.25) is 4.79 Å². The molecule has 0 fully saturated rings. The maximum absolute atomic E-state index is 11.8. The van der Waals surface area contributed by atoms with E-state index in [4.69, 9.17) is 9.47 Å². The summed E-state index contributed by atoms with van der Waals surface area (Å²) < 4.78 is 12.4. The van der Waals surface area contributed by atoms with Crippen molar-refractivity contribution in [3.63, 3.8) is 0 Å². The number of rotatable bonds is 6. The third-order valence-electron chi connectivity index (χ3n) is 2.99. The summed E-state index contributed by atoms with van der Waals surface area (Å²) in [6.07, 6.45) is 1.51. The van der Waals surface area contributed by atoms with Crippen molar-refractivity contribution in [3.8, 4) is 11.5 Å². The molecule has 0 unspecified atom stereocenters. The first-order chi connectivity index (χ1) is 11.5. The largest absolute Gasteiger partial charge is 0.495 e. The van der Waals surface area contributed by atoms with E-state index < -0.39 is 0 Å². The quantitative estimate of drug-likeness (QED) is 0.527. The van der Waals surface area contributed by atoms with Gasteiger partial charge >= 0.3 is 0 Å². The molecule has 0 heterocycles. The number of carbonyl (C=O) groups is 1. The summed E-state index contributed by atoms with van der Waals surface area (Å²) in [5, 5.41) is 3.94. The van der Waals surface area contributed by atoms with Gasteiger partial charge in [0.2, 0.25) is 0 Å². The number of halogens is 2. The number of nitrogens with one attached hydrogen (secondary N) is 1. The molecular formula is C17H16Br2N2O3. The molecule has 0 saturated heterocycles. The highest BCUT2D eigenvalue weighted by molar-refractivity contribution is 9.11.